The SMILES string of the molecule is Cc1nc(COCCC2CCNC2)oc1C. The molecule has 1 fully saturated rings. The van der Waals surface area contributed by atoms with Crippen molar-refractivity contribution in [1.82, 2.24) is 10.3 Å². The van der Waals surface area contributed by atoms with E-state index in [-0.39, 0.29) is 0 Å². The van der Waals surface area contributed by atoms with Gasteiger partial charge in [0.15, 0.2) is 0 Å². The molecule has 1 aliphatic heterocycles. The molecule has 1 aromatic heterocycles. The van der Waals surface area contributed by atoms with Gasteiger partial charge in [-0.3, -0.25) is 0 Å². The number of aromatic nitrogens is 1. The number of nitrogens with zero attached hydrogens (tertiary/aromatic N) is 1. The molecule has 1 atom stereocenters. The van der Waals surface area contributed by atoms with Crippen LogP contribution in [-0.2, 0) is 11.3 Å². The minimum Gasteiger partial charge on any atom is -0.443 e. The first-order valence-electron chi connectivity index (χ1n) is 5.97. The highest BCUT2D eigenvalue weighted by Gasteiger charge is 2.14. The molecule has 4 heteroatoms. The number of hydrogen-bond acceptors (Lipinski definition) is 4. The van der Waals surface area contributed by atoms with Gasteiger partial charge in [0.05, 0.1) is 5.69 Å². The third-order valence-electron chi connectivity index (χ3n) is 3.13. The summed E-state index contributed by atoms with van der Waals surface area (Å²) in [5.41, 5.74) is 0.957. The van der Waals surface area contributed by atoms with Gasteiger partial charge in [-0.05, 0) is 45.7 Å². The lowest BCUT2D eigenvalue weighted by molar-refractivity contribution is 0.0918. The van der Waals surface area contributed by atoms with Crippen LogP contribution < -0.4 is 5.32 Å². The zero-order chi connectivity index (χ0) is 11.4. The molecule has 4 nitrogen and oxygen atoms in total. The summed E-state index contributed by atoms with van der Waals surface area (Å²) < 4.78 is 11.0. The first-order valence-corrected chi connectivity index (χ1v) is 5.97. The second-order valence-electron chi connectivity index (χ2n) is 4.45. The number of hydrogen-bond donors (Lipinski definition) is 1. The second kappa shape index (κ2) is 5.46. The quantitative estimate of drug-likeness (QED) is 0.775. The highest BCUT2D eigenvalue weighted by atomic mass is 16.5. The van der Waals surface area contributed by atoms with Crippen molar-refractivity contribution in [2.45, 2.75) is 33.3 Å². The third-order valence-corrected chi connectivity index (χ3v) is 3.13. The minimum absolute atomic E-state index is 0.495. The van der Waals surface area contributed by atoms with Crippen LogP contribution in [0.5, 0.6) is 0 Å². The molecule has 0 aromatic carbocycles. The van der Waals surface area contributed by atoms with Crippen LogP contribution in [0.15, 0.2) is 4.42 Å². The van der Waals surface area contributed by atoms with E-state index in [0.29, 0.717) is 12.5 Å². The van der Waals surface area contributed by atoms with Gasteiger partial charge in [-0.25, -0.2) is 4.98 Å². The van der Waals surface area contributed by atoms with Crippen molar-refractivity contribution in [3.05, 3.63) is 17.3 Å². The summed E-state index contributed by atoms with van der Waals surface area (Å²) in [6.45, 7) is 7.47. The Balaban J connectivity index is 1.64. The molecule has 16 heavy (non-hydrogen) atoms. The molecule has 0 bridgehead atoms. The number of rotatable bonds is 5. The average molecular weight is 224 g/mol. The molecule has 0 saturated carbocycles. The third kappa shape index (κ3) is 3.06. The summed E-state index contributed by atoms with van der Waals surface area (Å²) in [5.74, 6) is 2.37. The molecular weight excluding hydrogens is 204 g/mol. The lowest BCUT2D eigenvalue weighted by Gasteiger charge is -2.07. The van der Waals surface area contributed by atoms with Crippen molar-refractivity contribution < 1.29 is 9.15 Å². The van der Waals surface area contributed by atoms with Crippen LogP contribution in [0.2, 0.25) is 0 Å². The predicted molar refractivity (Wildman–Crippen MR) is 61.2 cm³/mol. The summed E-state index contributed by atoms with van der Waals surface area (Å²) >= 11 is 0. The monoisotopic (exact) mass is 224 g/mol. The smallest absolute Gasteiger partial charge is 0.220 e. The highest BCUT2D eigenvalue weighted by Crippen LogP contribution is 2.13. The zero-order valence-corrected chi connectivity index (χ0v) is 10.1. The van der Waals surface area contributed by atoms with Gasteiger partial charge in [0, 0.05) is 6.61 Å². The molecule has 0 radical (unpaired) electrons. The first kappa shape index (κ1) is 11.6. The van der Waals surface area contributed by atoms with E-state index in [1.165, 1.54) is 6.42 Å². The van der Waals surface area contributed by atoms with Crippen LogP contribution in [0.3, 0.4) is 0 Å². The Morgan fingerprint density at radius 1 is 1.50 bits per heavy atom. The van der Waals surface area contributed by atoms with Gasteiger partial charge in [-0.15, -0.1) is 0 Å². The molecule has 1 aliphatic rings. The first-order chi connectivity index (χ1) is 7.75. The van der Waals surface area contributed by atoms with E-state index in [1.807, 2.05) is 13.8 Å². The molecular formula is C12H20N2O2. The van der Waals surface area contributed by atoms with Gasteiger partial charge in [0.2, 0.25) is 5.89 Å². The van der Waals surface area contributed by atoms with Crippen molar-refractivity contribution in [2.75, 3.05) is 19.7 Å². The van der Waals surface area contributed by atoms with E-state index in [2.05, 4.69) is 10.3 Å². The van der Waals surface area contributed by atoms with Gasteiger partial charge in [0.1, 0.15) is 12.4 Å². The van der Waals surface area contributed by atoms with Crippen molar-refractivity contribution in [2.24, 2.45) is 5.92 Å². The fraction of sp³-hybridized carbons (Fsp3) is 0.750. The van der Waals surface area contributed by atoms with Crippen LogP contribution in [0.25, 0.3) is 0 Å². The maximum Gasteiger partial charge on any atom is 0.220 e. The number of ether oxygens (including phenoxy) is 1. The molecule has 0 spiro atoms. The Labute approximate surface area is 96.4 Å². The average Bonchev–Trinajstić information content (AvgIpc) is 2.85. The van der Waals surface area contributed by atoms with E-state index in [0.717, 1.165) is 43.5 Å². The summed E-state index contributed by atoms with van der Waals surface area (Å²) in [5, 5.41) is 3.36. The Morgan fingerprint density at radius 2 is 2.38 bits per heavy atom. The van der Waals surface area contributed by atoms with Crippen molar-refractivity contribution in [3.63, 3.8) is 0 Å². The normalized spacial score (nSPS) is 20.5. The van der Waals surface area contributed by atoms with Crippen LogP contribution in [-0.4, -0.2) is 24.7 Å². The van der Waals surface area contributed by atoms with E-state index in [4.69, 9.17) is 9.15 Å². The highest BCUT2D eigenvalue weighted by molar-refractivity contribution is 5.04. The maximum absolute atomic E-state index is 5.57. The topological polar surface area (TPSA) is 47.3 Å². The second-order valence-corrected chi connectivity index (χ2v) is 4.45. The van der Waals surface area contributed by atoms with Crippen molar-refractivity contribution >= 4 is 0 Å². The Morgan fingerprint density at radius 3 is 3.00 bits per heavy atom. The van der Waals surface area contributed by atoms with Crippen LogP contribution in [0, 0.1) is 19.8 Å². The lowest BCUT2D eigenvalue weighted by Crippen LogP contribution is -2.10. The molecule has 0 amide bonds. The van der Waals surface area contributed by atoms with Crippen LogP contribution in [0.1, 0.15) is 30.2 Å². The minimum atomic E-state index is 0.495. The largest absolute Gasteiger partial charge is 0.443 e. The summed E-state index contributed by atoms with van der Waals surface area (Å²) in [6, 6.07) is 0. The molecule has 90 valence electrons. The summed E-state index contributed by atoms with van der Waals surface area (Å²) in [6.07, 6.45) is 2.41. The fourth-order valence-corrected chi connectivity index (χ4v) is 1.97. The van der Waals surface area contributed by atoms with Gasteiger partial charge in [0.25, 0.3) is 0 Å². The van der Waals surface area contributed by atoms with E-state index >= 15 is 0 Å². The van der Waals surface area contributed by atoms with E-state index in [9.17, 15) is 0 Å². The van der Waals surface area contributed by atoms with Crippen LogP contribution >= 0.6 is 0 Å². The molecule has 1 unspecified atom stereocenters. The Kier molecular flexibility index (Phi) is 3.96. The number of aryl methyl sites for hydroxylation is 2. The van der Waals surface area contributed by atoms with Crippen LogP contribution in [0.4, 0.5) is 0 Å². The Hall–Kier alpha value is -0.870. The van der Waals surface area contributed by atoms with Gasteiger partial charge < -0.3 is 14.5 Å². The molecule has 1 N–H and O–H groups in total. The maximum atomic E-state index is 5.57. The summed E-state index contributed by atoms with van der Waals surface area (Å²) in [4.78, 5) is 4.28. The molecule has 1 saturated heterocycles. The standard InChI is InChI=1S/C12H20N2O2/c1-9-10(2)16-12(14-9)8-15-6-4-11-3-5-13-7-11/h11,13H,3-8H2,1-2H3. The van der Waals surface area contributed by atoms with Gasteiger partial charge in [-0.1, -0.05) is 0 Å². The fourth-order valence-electron chi connectivity index (χ4n) is 1.97. The number of nitrogens with one attached hydrogen (secondary N) is 1. The van der Waals surface area contributed by atoms with Crippen molar-refractivity contribution in [3.8, 4) is 0 Å². The van der Waals surface area contributed by atoms with Gasteiger partial charge >= 0.3 is 0 Å². The Bertz CT molecular complexity index is 310. The molecule has 0 aliphatic carbocycles. The van der Waals surface area contributed by atoms with Crippen molar-refractivity contribution in [1.29, 1.82) is 0 Å². The zero-order valence-electron chi connectivity index (χ0n) is 10.1. The van der Waals surface area contributed by atoms with E-state index in [1.54, 1.807) is 0 Å². The molecule has 2 heterocycles. The summed E-state index contributed by atoms with van der Waals surface area (Å²) in [7, 11) is 0. The van der Waals surface area contributed by atoms with Gasteiger partial charge in [-0.2, -0.15) is 0 Å². The molecule has 1 aromatic rings. The van der Waals surface area contributed by atoms with E-state index < -0.39 is 0 Å². The number of oxazole rings is 1. The molecule has 2 rings (SSSR count). The predicted octanol–water partition coefficient (Wildman–Crippen LogP) is 1.81. The lowest BCUT2D eigenvalue weighted by atomic mass is 10.1.